The Morgan fingerprint density at radius 3 is 2.26 bits per heavy atom. The molecular formula is C35H18Cl2N4O2. The number of carbonyl (C=O) groups excluding carboxylic acids is 1. The Kier molecular flexibility index (Phi) is 4.61. The topological polar surface area (TPSA) is 87.3 Å². The number of pyridine rings is 1. The zero-order valence-corrected chi connectivity index (χ0v) is 24.0. The van der Waals surface area contributed by atoms with E-state index in [1.54, 1.807) is 22.6 Å². The Bertz CT molecular complexity index is 2760. The molecule has 0 atom stereocenters. The van der Waals surface area contributed by atoms with E-state index in [0.29, 0.717) is 59.4 Å². The van der Waals surface area contributed by atoms with E-state index in [9.17, 15) is 9.59 Å². The first-order valence-corrected chi connectivity index (χ1v) is 14.4. The number of hydrogen-bond donors (Lipinski definition) is 2. The maximum absolute atomic E-state index is 14.3. The highest BCUT2D eigenvalue weighted by atomic mass is 35.5. The van der Waals surface area contributed by atoms with Crippen molar-refractivity contribution in [2.75, 3.05) is 0 Å². The van der Waals surface area contributed by atoms with Gasteiger partial charge < -0.3 is 5.32 Å². The molecule has 204 valence electrons. The van der Waals surface area contributed by atoms with Crippen LogP contribution in [-0.4, -0.2) is 21.1 Å². The number of benzene rings is 6. The standard InChI is InChI=1S/C35H18Cl2N4O2/c1-3-5-15-11-25-24(10-14(15)4-2)39-33-21-13-23(37)31-29-17(7-9-19(27(21)29)35(43)41(25)33)16-6-8-18-26-20(32(38)40-34(18)42)12-22(36)30(31)28(16)26/h3-13H,2H2,1H3,(H2,38,40,42)/b5-3-. The third-order valence-electron chi connectivity index (χ3n) is 8.86. The van der Waals surface area contributed by atoms with Gasteiger partial charge in [0.25, 0.3) is 11.5 Å². The highest BCUT2D eigenvalue weighted by molar-refractivity contribution is 6.51. The first kappa shape index (κ1) is 24.5. The summed E-state index contributed by atoms with van der Waals surface area (Å²) < 4.78 is 1.67. The number of amidine groups is 1. The summed E-state index contributed by atoms with van der Waals surface area (Å²) in [5, 5.41) is 19.5. The predicted molar refractivity (Wildman–Crippen MR) is 178 cm³/mol. The Morgan fingerprint density at radius 1 is 0.814 bits per heavy atom. The summed E-state index contributed by atoms with van der Waals surface area (Å²) in [6.45, 7) is 5.91. The van der Waals surface area contributed by atoms with E-state index >= 15 is 0 Å². The Balaban J connectivity index is 1.55. The lowest BCUT2D eigenvalue weighted by Crippen LogP contribution is -2.34. The van der Waals surface area contributed by atoms with Crippen molar-refractivity contribution in [1.29, 1.82) is 5.41 Å². The van der Waals surface area contributed by atoms with Gasteiger partial charge in [-0.25, -0.2) is 4.98 Å². The number of hydrogen-bond acceptors (Lipinski definition) is 4. The Hall–Kier alpha value is -5.04. The van der Waals surface area contributed by atoms with Crippen molar-refractivity contribution in [3.63, 3.8) is 0 Å². The zero-order chi connectivity index (χ0) is 29.5. The number of imidazole rings is 1. The number of allylic oxidation sites excluding steroid dienone is 1. The van der Waals surface area contributed by atoms with Crippen LogP contribution in [0.15, 0.2) is 66.0 Å². The fourth-order valence-electron chi connectivity index (χ4n) is 7.16. The van der Waals surface area contributed by atoms with Crippen molar-refractivity contribution >= 4 is 118 Å². The molecule has 8 heteroatoms. The van der Waals surface area contributed by atoms with E-state index < -0.39 is 0 Å². The summed E-state index contributed by atoms with van der Waals surface area (Å²) in [5.74, 6) is -0.326. The highest BCUT2D eigenvalue weighted by Gasteiger charge is 2.29. The highest BCUT2D eigenvalue weighted by Crippen LogP contribution is 2.49. The van der Waals surface area contributed by atoms with Crippen LogP contribution in [0.4, 0.5) is 0 Å². The van der Waals surface area contributed by atoms with Gasteiger partial charge in [-0.3, -0.25) is 19.4 Å². The Labute approximate surface area is 252 Å². The van der Waals surface area contributed by atoms with Gasteiger partial charge in [-0.1, -0.05) is 60.1 Å². The van der Waals surface area contributed by atoms with Crippen LogP contribution in [0.5, 0.6) is 0 Å². The molecule has 0 bridgehead atoms. The third kappa shape index (κ3) is 2.85. The van der Waals surface area contributed by atoms with E-state index in [4.69, 9.17) is 33.6 Å². The zero-order valence-electron chi connectivity index (χ0n) is 22.5. The van der Waals surface area contributed by atoms with Gasteiger partial charge in [0, 0.05) is 64.3 Å². The second kappa shape index (κ2) is 8.07. The normalized spacial score (nSPS) is 13.8. The molecule has 0 radical (unpaired) electrons. The van der Waals surface area contributed by atoms with Crippen LogP contribution in [0.1, 0.15) is 34.0 Å². The van der Waals surface area contributed by atoms with Crippen molar-refractivity contribution in [3.05, 3.63) is 104 Å². The molecule has 2 N–H and O–H groups in total. The lowest BCUT2D eigenvalue weighted by atomic mass is 9.84. The SMILES string of the molecule is C=Cc1cc2nc3c4cc(Cl)c5c6c(Cl)cc7c8c(ccc(c9ccc(c(=O)n3c2cc1/C=C\C)c4c95)c86)C(=O)NC7=N. The van der Waals surface area contributed by atoms with Gasteiger partial charge in [-0.15, -0.1) is 0 Å². The monoisotopic (exact) mass is 596 g/mol. The van der Waals surface area contributed by atoms with Crippen molar-refractivity contribution in [1.82, 2.24) is 14.7 Å². The van der Waals surface area contributed by atoms with Crippen LogP contribution in [0.2, 0.25) is 10.0 Å². The summed E-state index contributed by atoms with van der Waals surface area (Å²) in [5.41, 5.74) is 4.67. The summed E-state index contributed by atoms with van der Waals surface area (Å²) >= 11 is 14.2. The molecule has 0 fully saturated rings. The molecule has 0 saturated carbocycles. The molecule has 1 amide bonds. The van der Waals surface area contributed by atoms with Gasteiger partial charge >= 0.3 is 0 Å². The van der Waals surface area contributed by atoms with E-state index in [-0.39, 0.29) is 17.3 Å². The van der Waals surface area contributed by atoms with Crippen LogP contribution < -0.4 is 10.9 Å². The number of rotatable bonds is 2. The molecule has 3 heterocycles. The molecule has 0 saturated heterocycles. The minimum absolute atomic E-state index is 0.00642. The van der Waals surface area contributed by atoms with E-state index in [2.05, 4.69) is 11.9 Å². The molecule has 6 nitrogen and oxygen atoms in total. The van der Waals surface area contributed by atoms with E-state index in [1.807, 2.05) is 55.5 Å². The van der Waals surface area contributed by atoms with Crippen molar-refractivity contribution in [2.24, 2.45) is 0 Å². The average molecular weight is 597 g/mol. The molecule has 0 aliphatic carbocycles. The van der Waals surface area contributed by atoms with Crippen molar-refractivity contribution in [2.45, 2.75) is 6.92 Å². The molecule has 0 unspecified atom stereocenters. The molecule has 2 aromatic heterocycles. The molecule has 6 aromatic carbocycles. The summed E-state index contributed by atoms with van der Waals surface area (Å²) in [6, 6.07) is 15.0. The summed E-state index contributed by atoms with van der Waals surface area (Å²) in [6.07, 6.45) is 5.73. The van der Waals surface area contributed by atoms with Crippen LogP contribution >= 0.6 is 23.2 Å². The molecule has 1 aliphatic heterocycles. The molecule has 1 aliphatic rings. The number of carbonyl (C=O) groups is 1. The van der Waals surface area contributed by atoms with Gasteiger partial charge in [0.2, 0.25) is 0 Å². The van der Waals surface area contributed by atoms with Crippen LogP contribution in [0.3, 0.4) is 0 Å². The maximum Gasteiger partial charge on any atom is 0.264 e. The lowest BCUT2D eigenvalue weighted by molar-refractivity contribution is 0.0977. The Morgan fingerprint density at radius 2 is 1.51 bits per heavy atom. The first-order valence-electron chi connectivity index (χ1n) is 13.7. The van der Waals surface area contributed by atoms with E-state index in [0.717, 1.165) is 43.4 Å². The third-order valence-corrected chi connectivity index (χ3v) is 9.46. The number of fused-ring (bicyclic) bond motifs is 6. The minimum Gasteiger partial charge on any atom is -0.307 e. The maximum atomic E-state index is 14.3. The number of aromatic nitrogens is 2. The molecule has 0 spiro atoms. The molecular weight excluding hydrogens is 579 g/mol. The molecule has 43 heavy (non-hydrogen) atoms. The van der Waals surface area contributed by atoms with Crippen LogP contribution in [0, 0.1) is 5.41 Å². The number of nitrogens with one attached hydrogen (secondary N) is 2. The molecule has 8 aromatic rings. The lowest BCUT2D eigenvalue weighted by Gasteiger charge is -2.24. The second-order valence-electron chi connectivity index (χ2n) is 11.0. The fraction of sp³-hybridized carbons (Fsp3) is 0.0286. The number of nitrogens with zero attached hydrogens (tertiary/aromatic N) is 2. The average Bonchev–Trinajstić information content (AvgIpc) is 3.37. The summed E-state index contributed by atoms with van der Waals surface area (Å²) in [7, 11) is 0. The number of amides is 1. The van der Waals surface area contributed by atoms with Gasteiger partial charge in [0.15, 0.2) is 0 Å². The quantitative estimate of drug-likeness (QED) is 0.155. The van der Waals surface area contributed by atoms with Gasteiger partial charge in [-0.2, -0.15) is 0 Å². The van der Waals surface area contributed by atoms with Gasteiger partial charge in [0.1, 0.15) is 11.5 Å². The molecule has 9 rings (SSSR count). The first-order chi connectivity index (χ1) is 20.8. The summed E-state index contributed by atoms with van der Waals surface area (Å²) in [4.78, 5) is 32.1. The van der Waals surface area contributed by atoms with Crippen molar-refractivity contribution in [3.8, 4) is 0 Å². The minimum atomic E-state index is -0.332. The number of halogens is 2. The van der Waals surface area contributed by atoms with Crippen LogP contribution in [-0.2, 0) is 0 Å². The van der Waals surface area contributed by atoms with Crippen molar-refractivity contribution < 1.29 is 4.79 Å². The van der Waals surface area contributed by atoms with E-state index in [1.165, 1.54) is 0 Å². The largest absolute Gasteiger partial charge is 0.307 e. The van der Waals surface area contributed by atoms with Crippen LogP contribution in [0.25, 0.3) is 82.7 Å². The second-order valence-corrected chi connectivity index (χ2v) is 11.8. The van der Waals surface area contributed by atoms with Gasteiger partial charge in [0.05, 0.1) is 11.0 Å². The smallest absolute Gasteiger partial charge is 0.264 e. The fourth-order valence-corrected chi connectivity index (χ4v) is 7.75. The predicted octanol–water partition coefficient (Wildman–Crippen LogP) is 8.54. The van der Waals surface area contributed by atoms with Gasteiger partial charge in [-0.05, 0) is 65.2 Å².